The Morgan fingerprint density at radius 1 is 1.62 bits per heavy atom. The van der Waals surface area contributed by atoms with Gasteiger partial charge in [-0.15, -0.1) is 11.3 Å². The quantitative estimate of drug-likeness (QED) is 0.800. The molecule has 4 heteroatoms. The average molecular weight is 239 g/mol. The Hall–Kier alpha value is -0.870. The smallest absolute Gasteiger partial charge is 0.323 e. The lowest BCUT2D eigenvalue weighted by Crippen LogP contribution is -2.38. The molecule has 16 heavy (non-hydrogen) atoms. The molecule has 1 aromatic heterocycles. The number of esters is 1. The first-order valence-corrected chi connectivity index (χ1v) is 6.39. The summed E-state index contributed by atoms with van der Waals surface area (Å²) < 4.78 is 4.81. The molecule has 1 aromatic rings. The summed E-state index contributed by atoms with van der Waals surface area (Å²) in [4.78, 5) is 14.1. The molecule has 0 aliphatic heterocycles. The Morgan fingerprint density at radius 2 is 2.38 bits per heavy atom. The Labute approximate surface area is 99.8 Å². The highest BCUT2D eigenvalue weighted by Gasteiger charge is 2.36. The molecule has 1 aliphatic rings. The van der Waals surface area contributed by atoms with E-state index in [0.717, 1.165) is 19.4 Å². The van der Waals surface area contributed by atoms with Gasteiger partial charge in [0.2, 0.25) is 0 Å². The molecule has 1 saturated carbocycles. The van der Waals surface area contributed by atoms with Crippen LogP contribution in [0.5, 0.6) is 0 Å². The standard InChI is InChI=1S/C12H17NO2S/c1-8-3-6-10(16-8)7-13-11(9-4-5-9)12(14)15-2/h3,6,9,11,13H,4-5,7H2,1-2H3. The number of carbonyl (C=O) groups excluding carboxylic acids is 1. The van der Waals surface area contributed by atoms with Crippen molar-refractivity contribution in [2.24, 2.45) is 5.92 Å². The number of hydrogen-bond acceptors (Lipinski definition) is 4. The second-order valence-electron chi connectivity index (χ2n) is 4.23. The van der Waals surface area contributed by atoms with E-state index in [4.69, 9.17) is 4.74 Å². The molecule has 0 saturated heterocycles. The first-order chi connectivity index (χ1) is 7.70. The fourth-order valence-electron chi connectivity index (χ4n) is 1.79. The first-order valence-electron chi connectivity index (χ1n) is 5.57. The molecule has 1 fully saturated rings. The van der Waals surface area contributed by atoms with Gasteiger partial charge in [-0.25, -0.2) is 0 Å². The van der Waals surface area contributed by atoms with Gasteiger partial charge < -0.3 is 4.74 Å². The van der Waals surface area contributed by atoms with Crippen molar-refractivity contribution in [2.75, 3.05) is 7.11 Å². The van der Waals surface area contributed by atoms with E-state index in [0.29, 0.717) is 5.92 Å². The fraction of sp³-hybridized carbons (Fsp3) is 0.583. The summed E-state index contributed by atoms with van der Waals surface area (Å²) in [5.74, 6) is 0.351. The third kappa shape index (κ3) is 2.83. The molecule has 0 radical (unpaired) electrons. The van der Waals surface area contributed by atoms with Crippen molar-refractivity contribution < 1.29 is 9.53 Å². The van der Waals surface area contributed by atoms with Crippen LogP contribution in [0.1, 0.15) is 22.6 Å². The van der Waals surface area contributed by atoms with Gasteiger partial charge in [0, 0.05) is 16.3 Å². The maximum atomic E-state index is 11.5. The van der Waals surface area contributed by atoms with Crippen molar-refractivity contribution in [1.82, 2.24) is 5.32 Å². The van der Waals surface area contributed by atoms with Gasteiger partial charge in [0.1, 0.15) is 6.04 Å². The summed E-state index contributed by atoms with van der Waals surface area (Å²) in [5.41, 5.74) is 0. The van der Waals surface area contributed by atoms with Crippen molar-refractivity contribution in [3.05, 3.63) is 21.9 Å². The highest BCUT2D eigenvalue weighted by Crippen LogP contribution is 2.33. The molecular formula is C12H17NO2S. The Morgan fingerprint density at radius 3 is 2.88 bits per heavy atom. The van der Waals surface area contributed by atoms with E-state index in [2.05, 4.69) is 24.4 Å². The third-order valence-corrected chi connectivity index (χ3v) is 3.84. The number of rotatable bonds is 5. The predicted molar refractivity (Wildman–Crippen MR) is 64.4 cm³/mol. The minimum Gasteiger partial charge on any atom is -0.468 e. The SMILES string of the molecule is COC(=O)C(NCc1ccc(C)s1)C1CC1. The van der Waals surface area contributed by atoms with Crippen LogP contribution in [0.25, 0.3) is 0 Å². The zero-order chi connectivity index (χ0) is 11.5. The molecule has 0 spiro atoms. The van der Waals surface area contributed by atoms with Crippen molar-refractivity contribution in [3.8, 4) is 0 Å². The molecule has 3 nitrogen and oxygen atoms in total. The van der Waals surface area contributed by atoms with Gasteiger partial charge in [0.15, 0.2) is 0 Å². The number of carbonyl (C=O) groups is 1. The zero-order valence-corrected chi connectivity index (χ0v) is 10.5. The molecule has 1 heterocycles. The third-order valence-electron chi connectivity index (χ3n) is 2.84. The lowest BCUT2D eigenvalue weighted by atomic mass is 10.2. The van der Waals surface area contributed by atoms with Crippen LogP contribution in [-0.4, -0.2) is 19.1 Å². The molecule has 2 rings (SSSR count). The van der Waals surface area contributed by atoms with E-state index in [1.165, 1.54) is 16.9 Å². The average Bonchev–Trinajstić information content (AvgIpc) is 3.02. The number of thiophene rings is 1. The number of methoxy groups -OCH3 is 1. The second-order valence-corrected chi connectivity index (χ2v) is 5.60. The van der Waals surface area contributed by atoms with Crippen LogP contribution in [0.2, 0.25) is 0 Å². The van der Waals surface area contributed by atoms with Gasteiger partial charge in [-0.05, 0) is 37.8 Å². The summed E-state index contributed by atoms with van der Waals surface area (Å²) in [7, 11) is 1.45. The van der Waals surface area contributed by atoms with E-state index < -0.39 is 0 Å². The topological polar surface area (TPSA) is 38.3 Å². The summed E-state index contributed by atoms with van der Waals surface area (Å²) in [5, 5.41) is 3.30. The Bertz CT molecular complexity index is 371. The van der Waals surface area contributed by atoms with Crippen LogP contribution in [0, 0.1) is 12.8 Å². The molecular weight excluding hydrogens is 222 g/mol. The number of nitrogens with one attached hydrogen (secondary N) is 1. The van der Waals surface area contributed by atoms with Crippen molar-refractivity contribution in [2.45, 2.75) is 32.4 Å². The van der Waals surface area contributed by atoms with Gasteiger partial charge in [-0.1, -0.05) is 0 Å². The maximum absolute atomic E-state index is 11.5. The highest BCUT2D eigenvalue weighted by atomic mass is 32.1. The minimum atomic E-state index is -0.129. The van der Waals surface area contributed by atoms with Crippen LogP contribution in [0.4, 0.5) is 0 Å². The van der Waals surface area contributed by atoms with Crippen LogP contribution in [0.3, 0.4) is 0 Å². The summed E-state index contributed by atoms with van der Waals surface area (Å²) in [6.45, 7) is 2.85. The van der Waals surface area contributed by atoms with Crippen molar-refractivity contribution >= 4 is 17.3 Å². The normalized spacial score (nSPS) is 17.1. The van der Waals surface area contributed by atoms with Crippen molar-refractivity contribution in [1.29, 1.82) is 0 Å². The summed E-state index contributed by atoms with van der Waals surface area (Å²) in [6.07, 6.45) is 2.27. The monoisotopic (exact) mass is 239 g/mol. The van der Waals surface area contributed by atoms with Gasteiger partial charge in [-0.2, -0.15) is 0 Å². The Balaban J connectivity index is 1.88. The minimum absolute atomic E-state index is 0.118. The molecule has 0 amide bonds. The maximum Gasteiger partial charge on any atom is 0.323 e. The predicted octanol–water partition coefficient (Wildman–Crippen LogP) is 2.10. The van der Waals surface area contributed by atoms with Gasteiger partial charge >= 0.3 is 5.97 Å². The highest BCUT2D eigenvalue weighted by molar-refractivity contribution is 7.11. The van der Waals surface area contributed by atoms with E-state index in [1.54, 1.807) is 11.3 Å². The largest absolute Gasteiger partial charge is 0.468 e. The molecule has 0 bridgehead atoms. The number of aryl methyl sites for hydroxylation is 1. The molecule has 1 unspecified atom stereocenters. The second kappa shape index (κ2) is 4.97. The van der Waals surface area contributed by atoms with Crippen LogP contribution >= 0.6 is 11.3 Å². The lowest BCUT2D eigenvalue weighted by molar-refractivity contribution is -0.143. The molecule has 1 N–H and O–H groups in total. The van der Waals surface area contributed by atoms with Gasteiger partial charge in [0.05, 0.1) is 7.11 Å². The van der Waals surface area contributed by atoms with Gasteiger partial charge in [0.25, 0.3) is 0 Å². The lowest BCUT2D eigenvalue weighted by Gasteiger charge is -2.14. The van der Waals surface area contributed by atoms with E-state index >= 15 is 0 Å². The number of ether oxygens (including phenoxy) is 1. The molecule has 1 aliphatic carbocycles. The van der Waals surface area contributed by atoms with E-state index in [-0.39, 0.29) is 12.0 Å². The van der Waals surface area contributed by atoms with E-state index in [1.807, 2.05) is 0 Å². The molecule has 0 aromatic carbocycles. The fourth-order valence-corrected chi connectivity index (χ4v) is 2.63. The first kappa shape index (κ1) is 11.6. The number of hydrogen-bond donors (Lipinski definition) is 1. The van der Waals surface area contributed by atoms with Crippen LogP contribution in [-0.2, 0) is 16.1 Å². The van der Waals surface area contributed by atoms with Crippen molar-refractivity contribution in [3.63, 3.8) is 0 Å². The zero-order valence-electron chi connectivity index (χ0n) is 9.66. The molecule has 1 atom stereocenters. The van der Waals surface area contributed by atoms with Crippen LogP contribution in [0.15, 0.2) is 12.1 Å². The molecule has 88 valence electrons. The summed E-state index contributed by atoms with van der Waals surface area (Å²) >= 11 is 1.77. The van der Waals surface area contributed by atoms with E-state index in [9.17, 15) is 4.79 Å². The Kier molecular flexibility index (Phi) is 3.61. The van der Waals surface area contributed by atoms with Crippen LogP contribution < -0.4 is 5.32 Å². The van der Waals surface area contributed by atoms with Gasteiger partial charge in [-0.3, -0.25) is 10.1 Å². The summed E-state index contributed by atoms with van der Waals surface area (Å²) in [6, 6.07) is 4.09.